The number of nitrogens with one attached hydrogen (secondary N) is 2. The van der Waals surface area contributed by atoms with Crippen molar-refractivity contribution >= 4 is 17.4 Å². The van der Waals surface area contributed by atoms with Crippen molar-refractivity contribution in [3.63, 3.8) is 0 Å². The van der Waals surface area contributed by atoms with Crippen LogP contribution in [0.15, 0.2) is 22.7 Å². The van der Waals surface area contributed by atoms with Crippen molar-refractivity contribution in [3.8, 4) is 28.4 Å². The second-order valence-electron chi connectivity index (χ2n) is 8.76. The molecular weight excluding hydrogens is 482 g/mol. The lowest BCUT2D eigenvalue weighted by molar-refractivity contribution is 0.105. The van der Waals surface area contributed by atoms with Crippen LogP contribution in [-0.4, -0.2) is 66.3 Å². The molecule has 196 valence electrons. The number of ether oxygens (including phenoxy) is 2. The van der Waals surface area contributed by atoms with Crippen molar-refractivity contribution in [2.45, 2.75) is 52.7 Å². The molecule has 0 saturated carbocycles. The minimum Gasteiger partial charge on any atom is -0.491 e. The van der Waals surface area contributed by atoms with Gasteiger partial charge in [-0.15, -0.1) is 0 Å². The molecule has 0 aliphatic heterocycles. The standard InChI is InChI=1S/C26H36ClN5O4/c1-7-8-20(34-6)13-29-25-15(2)24(23-16(3)32-36-17(23)4)30-26(31-25)21-11-19(9-10-22(21)27)35-14-18(33)12-28-5/h9-11,18,20,28,33H,7-8,12-14H2,1-6H3,(H,29,30,31). The maximum Gasteiger partial charge on any atom is 0.163 e. The number of anilines is 1. The summed E-state index contributed by atoms with van der Waals surface area (Å²) in [6.07, 6.45) is 1.37. The Hall–Kier alpha value is -2.72. The first-order valence-corrected chi connectivity index (χ1v) is 12.5. The number of aliphatic hydroxyl groups is 1. The van der Waals surface area contributed by atoms with Gasteiger partial charge < -0.3 is 29.7 Å². The van der Waals surface area contributed by atoms with E-state index in [-0.39, 0.29) is 12.7 Å². The van der Waals surface area contributed by atoms with E-state index >= 15 is 0 Å². The molecule has 3 aromatic rings. The Kier molecular flexibility index (Phi) is 10.1. The molecule has 10 heteroatoms. The molecular formula is C26H36ClN5O4. The lowest BCUT2D eigenvalue weighted by Gasteiger charge is -2.19. The number of rotatable bonds is 13. The van der Waals surface area contributed by atoms with Crippen LogP contribution in [0, 0.1) is 20.8 Å². The van der Waals surface area contributed by atoms with Gasteiger partial charge in [-0.25, -0.2) is 9.97 Å². The maximum atomic E-state index is 10.0. The number of aromatic nitrogens is 3. The van der Waals surface area contributed by atoms with Gasteiger partial charge in [-0.05, 0) is 52.4 Å². The van der Waals surface area contributed by atoms with Gasteiger partial charge >= 0.3 is 0 Å². The monoisotopic (exact) mass is 517 g/mol. The molecule has 0 spiro atoms. The number of aryl methyl sites for hydroxylation is 2. The van der Waals surface area contributed by atoms with Gasteiger partial charge in [-0.1, -0.05) is 30.1 Å². The van der Waals surface area contributed by atoms with E-state index in [0.717, 1.165) is 35.4 Å². The van der Waals surface area contributed by atoms with Crippen molar-refractivity contribution in [3.05, 3.63) is 40.2 Å². The quantitative estimate of drug-likeness (QED) is 0.300. The average Bonchev–Trinajstić information content (AvgIpc) is 3.19. The predicted octanol–water partition coefficient (Wildman–Crippen LogP) is 4.56. The highest BCUT2D eigenvalue weighted by Gasteiger charge is 2.22. The minimum absolute atomic E-state index is 0.0553. The number of benzene rings is 1. The molecule has 2 aromatic heterocycles. The van der Waals surface area contributed by atoms with E-state index in [0.29, 0.717) is 46.8 Å². The molecule has 0 aliphatic carbocycles. The summed E-state index contributed by atoms with van der Waals surface area (Å²) in [5, 5.41) is 21.0. The Labute approximate surface area is 217 Å². The molecule has 2 unspecified atom stereocenters. The zero-order chi connectivity index (χ0) is 26.2. The predicted molar refractivity (Wildman–Crippen MR) is 142 cm³/mol. The number of likely N-dealkylation sites (N-methyl/N-ethyl adjacent to an activating group) is 1. The highest BCUT2D eigenvalue weighted by Crippen LogP contribution is 2.36. The van der Waals surface area contributed by atoms with Crippen LogP contribution in [0.5, 0.6) is 5.75 Å². The number of halogens is 1. The van der Waals surface area contributed by atoms with Gasteiger partial charge in [0, 0.05) is 31.3 Å². The molecule has 3 N–H and O–H groups in total. The summed E-state index contributed by atoms with van der Waals surface area (Å²) in [4.78, 5) is 9.73. The van der Waals surface area contributed by atoms with Crippen LogP contribution in [0.3, 0.4) is 0 Å². The van der Waals surface area contributed by atoms with Crippen molar-refractivity contribution in [1.82, 2.24) is 20.4 Å². The van der Waals surface area contributed by atoms with E-state index in [1.165, 1.54) is 0 Å². The van der Waals surface area contributed by atoms with Gasteiger partial charge in [0.25, 0.3) is 0 Å². The van der Waals surface area contributed by atoms with Crippen LogP contribution in [0.25, 0.3) is 22.6 Å². The average molecular weight is 518 g/mol. The van der Waals surface area contributed by atoms with E-state index in [1.54, 1.807) is 32.4 Å². The Bertz CT molecular complexity index is 1130. The Morgan fingerprint density at radius 3 is 2.58 bits per heavy atom. The number of hydrogen-bond donors (Lipinski definition) is 3. The van der Waals surface area contributed by atoms with Crippen molar-refractivity contribution in [2.24, 2.45) is 0 Å². The molecule has 0 fully saturated rings. The minimum atomic E-state index is -0.636. The second-order valence-corrected chi connectivity index (χ2v) is 9.17. The summed E-state index contributed by atoms with van der Waals surface area (Å²) in [6, 6.07) is 5.29. The number of nitrogens with zero attached hydrogens (tertiary/aromatic N) is 3. The molecule has 3 rings (SSSR count). The first-order valence-electron chi connectivity index (χ1n) is 12.1. The molecule has 1 aromatic carbocycles. The van der Waals surface area contributed by atoms with Crippen LogP contribution in [0.4, 0.5) is 5.82 Å². The fraction of sp³-hybridized carbons (Fsp3) is 0.500. The fourth-order valence-corrected chi connectivity index (χ4v) is 4.16. The first kappa shape index (κ1) is 27.9. The maximum absolute atomic E-state index is 10.0. The summed E-state index contributed by atoms with van der Waals surface area (Å²) >= 11 is 6.60. The van der Waals surface area contributed by atoms with Crippen molar-refractivity contribution in [1.29, 1.82) is 0 Å². The van der Waals surface area contributed by atoms with E-state index in [1.807, 2.05) is 20.8 Å². The van der Waals surface area contributed by atoms with Gasteiger partial charge in [-0.3, -0.25) is 0 Å². The molecule has 0 aliphatic rings. The first-order chi connectivity index (χ1) is 17.3. The lowest BCUT2D eigenvalue weighted by Crippen LogP contribution is -2.29. The van der Waals surface area contributed by atoms with Crippen LogP contribution >= 0.6 is 11.6 Å². The smallest absolute Gasteiger partial charge is 0.163 e. The second kappa shape index (κ2) is 13.0. The van der Waals surface area contributed by atoms with Crippen LogP contribution in [0.2, 0.25) is 5.02 Å². The van der Waals surface area contributed by atoms with Crippen LogP contribution in [-0.2, 0) is 4.74 Å². The highest BCUT2D eigenvalue weighted by molar-refractivity contribution is 6.33. The van der Waals surface area contributed by atoms with E-state index < -0.39 is 6.10 Å². The summed E-state index contributed by atoms with van der Waals surface area (Å²) in [6.45, 7) is 9.03. The van der Waals surface area contributed by atoms with Crippen LogP contribution in [0.1, 0.15) is 36.8 Å². The summed E-state index contributed by atoms with van der Waals surface area (Å²) in [7, 11) is 3.49. The number of hydrogen-bond acceptors (Lipinski definition) is 9. The molecule has 0 saturated heterocycles. The molecule has 0 bridgehead atoms. The van der Waals surface area contributed by atoms with Gasteiger partial charge in [0.2, 0.25) is 0 Å². The molecule has 9 nitrogen and oxygen atoms in total. The number of aliphatic hydroxyl groups excluding tert-OH is 1. The SMILES string of the molecule is CCCC(CNc1nc(-c2cc(OCC(O)CNC)ccc2Cl)nc(-c2c(C)noc2C)c1C)OC. The zero-order valence-corrected chi connectivity index (χ0v) is 22.6. The van der Waals surface area contributed by atoms with Crippen molar-refractivity contribution < 1.29 is 19.1 Å². The van der Waals surface area contributed by atoms with Gasteiger partial charge in [0.1, 0.15) is 30.0 Å². The Balaban J connectivity index is 2.05. The zero-order valence-electron chi connectivity index (χ0n) is 21.8. The summed E-state index contributed by atoms with van der Waals surface area (Å²) in [5.41, 5.74) is 3.78. The van der Waals surface area contributed by atoms with Crippen LogP contribution < -0.4 is 15.4 Å². The largest absolute Gasteiger partial charge is 0.491 e. The molecule has 2 atom stereocenters. The number of methoxy groups -OCH3 is 1. The molecule has 0 radical (unpaired) electrons. The van der Waals surface area contributed by atoms with E-state index in [9.17, 15) is 5.11 Å². The van der Waals surface area contributed by atoms with Gasteiger partial charge in [0.15, 0.2) is 5.82 Å². The van der Waals surface area contributed by atoms with Gasteiger partial charge in [0.05, 0.1) is 28.1 Å². The Morgan fingerprint density at radius 2 is 1.94 bits per heavy atom. The third kappa shape index (κ3) is 6.73. The normalized spacial score (nSPS) is 13.0. The molecule has 0 amide bonds. The Morgan fingerprint density at radius 1 is 1.17 bits per heavy atom. The highest BCUT2D eigenvalue weighted by atomic mass is 35.5. The van der Waals surface area contributed by atoms with E-state index in [4.69, 9.17) is 35.6 Å². The third-order valence-electron chi connectivity index (χ3n) is 5.92. The topological polar surface area (TPSA) is 115 Å². The summed E-state index contributed by atoms with van der Waals surface area (Å²) < 4.78 is 16.8. The third-order valence-corrected chi connectivity index (χ3v) is 6.25. The fourth-order valence-electron chi connectivity index (χ4n) is 3.96. The molecule has 36 heavy (non-hydrogen) atoms. The summed E-state index contributed by atoms with van der Waals surface area (Å²) in [5.74, 6) is 2.35. The van der Waals surface area contributed by atoms with Crippen molar-refractivity contribution in [2.75, 3.05) is 39.2 Å². The lowest BCUT2D eigenvalue weighted by atomic mass is 10.0. The van der Waals surface area contributed by atoms with E-state index in [2.05, 4.69) is 22.7 Å². The van der Waals surface area contributed by atoms with Gasteiger partial charge in [-0.2, -0.15) is 0 Å². The molecule has 2 heterocycles.